The number of hydrogen-bond donors (Lipinski definition) is 3. The SMILES string of the molecule is CCCCCCCCCC/C=C\CCCCCCCCCCCC(=O)NC(CO)C(O)/C=C/CC/C=C/CCCCCCCCCCCCCCCCCCCCCCCCCC. The monoisotopic (exact) mass is 884 g/mol. The molecule has 372 valence electrons. The van der Waals surface area contributed by atoms with E-state index in [1.54, 1.807) is 6.08 Å². The van der Waals surface area contributed by atoms with Gasteiger partial charge in [0.1, 0.15) is 0 Å². The molecule has 0 aromatic rings. The average molecular weight is 885 g/mol. The minimum atomic E-state index is -0.863. The van der Waals surface area contributed by atoms with Crippen LogP contribution in [0.25, 0.3) is 0 Å². The van der Waals surface area contributed by atoms with E-state index in [1.807, 2.05) is 6.08 Å². The lowest BCUT2D eigenvalue weighted by molar-refractivity contribution is -0.123. The largest absolute Gasteiger partial charge is 0.394 e. The van der Waals surface area contributed by atoms with Crippen molar-refractivity contribution in [1.82, 2.24) is 5.32 Å². The van der Waals surface area contributed by atoms with Crippen molar-refractivity contribution in [3.8, 4) is 0 Å². The molecule has 0 bridgehead atoms. The van der Waals surface area contributed by atoms with E-state index in [-0.39, 0.29) is 12.5 Å². The highest BCUT2D eigenvalue weighted by atomic mass is 16.3. The lowest BCUT2D eigenvalue weighted by Gasteiger charge is -2.19. The van der Waals surface area contributed by atoms with Crippen molar-refractivity contribution in [3.63, 3.8) is 0 Å². The fourth-order valence-electron chi connectivity index (χ4n) is 8.96. The Labute approximate surface area is 395 Å². The predicted octanol–water partition coefficient (Wildman–Crippen LogP) is 18.9. The van der Waals surface area contributed by atoms with Gasteiger partial charge >= 0.3 is 0 Å². The number of rotatable bonds is 53. The van der Waals surface area contributed by atoms with Crippen molar-refractivity contribution < 1.29 is 15.0 Å². The van der Waals surface area contributed by atoms with Crippen LogP contribution in [0.2, 0.25) is 0 Å². The van der Waals surface area contributed by atoms with Crippen LogP contribution in [0.5, 0.6) is 0 Å². The molecule has 0 saturated carbocycles. The molecule has 0 aliphatic carbocycles. The lowest BCUT2D eigenvalue weighted by Crippen LogP contribution is -2.45. The van der Waals surface area contributed by atoms with Gasteiger partial charge in [-0.2, -0.15) is 0 Å². The Morgan fingerprint density at radius 3 is 0.921 bits per heavy atom. The topological polar surface area (TPSA) is 69.6 Å². The van der Waals surface area contributed by atoms with Gasteiger partial charge in [-0.3, -0.25) is 4.79 Å². The fraction of sp³-hybridized carbons (Fsp3) is 0.881. The zero-order valence-electron chi connectivity index (χ0n) is 42.9. The van der Waals surface area contributed by atoms with E-state index in [9.17, 15) is 15.0 Å². The van der Waals surface area contributed by atoms with Crippen LogP contribution in [0.3, 0.4) is 0 Å². The molecule has 1 amide bonds. The number of carbonyl (C=O) groups excluding carboxylic acids is 1. The Kier molecular flexibility index (Phi) is 53.7. The minimum absolute atomic E-state index is 0.0722. The van der Waals surface area contributed by atoms with Crippen molar-refractivity contribution in [3.05, 3.63) is 36.5 Å². The summed E-state index contributed by atoms with van der Waals surface area (Å²) >= 11 is 0. The molecule has 4 nitrogen and oxygen atoms in total. The Morgan fingerprint density at radius 1 is 0.365 bits per heavy atom. The van der Waals surface area contributed by atoms with Crippen LogP contribution in [-0.4, -0.2) is 34.9 Å². The number of nitrogens with one attached hydrogen (secondary N) is 1. The van der Waals surface area contributed by atoms with Crippen LogP contribution in [0.1, 0.15) is 316 Å². The van der Waals surface area contributed by atoms with Gasteiger partial charge in [-0.15, -0.1) is 0 Å². The zero-order chi connectivity index (χ0) is 45.6. The summed E-state index contributed by atoms with van der Waals surface area (Å²) in [6.07, 6.45) is 74.6. The van der Waals surface area contributed by atoms with Crippen LogP contribution in [-0.2, 0) is 4.79 Å². The van der Waals surface area contributed by atoms with Crippen LogP contribution in [0.15, 0.2) is 36.5 Å². The van der Waals surface area contributed by atoms with Crippen molar-refractivity contribution in [2.24, 2.45) is 0 Å². The van der Waals surface area contributed by atoms with Gasteiger partial charge in [0.25, 0.3) is 0 Å². The maximum atomic E-state index is 12.5. The second-order valence-electron chi connectivity index (χ2n) is 19.7. The first-order chi connectivity index (χ1) is 31.2. The molecule has 63 heavy (non-hydrogen) atoms. The zero-order valence-corrected chi connectivity index (χ0v) is 42.9. The summed E-state index contributed by atoms with van der Waals surface area (Å²) in [5.41, 5.74) is 0. The first-order valence-electron chi connectivity index (χ1n) is 28.7. The molecule has 0 aromatic carbocycles. The van der Waals surface area contributed by atoms with Crippen LogP contribution in [0.4, 0.5) is 0 Å². The number of amides is 1. The molecule has 0 spiro atoms. The Morgan fingerprint density at radius 2 is 0.619 bits per heavy atom. The van der Waals surface area contributed by atoms with E-state index in [4.69, 9.17) is 0 Å². The Bertz CT molecular complexity index is 958. The first kappa shape index (κ1) is 61.6. The molecule has 3 N–H and O–H groups in total. The summed E-state index contributed by atoms with van der Waals surface area (Å²) in [6.45, 7) is 4.33. The molecule has 0 rings (SSSR count). The summed E-state index contributed by atoms with van der Waals surface area (Å²) in [7, 11) is 0. The van der Waals surface area contributed by atoms with E-state index < -0.39 is 12.1 Å². The first-order valence-corrected chi connectivity index (χ1v) is 28.7. The van der Waals surface area contributed by atoms with Gasteiger partial charge in [0.05, 0.1) is 18.8 Å². The highest BCUT2D eigenvalue weighted by Crippen LogP contribution is 2.17. The number of unbranched alkanes of at least 4 members (excludes halogenated alkanes) is 42. The predicted molar refractivity (Wildman–Crippen MR) is 281 cm³/mol. The summed E-state index contributed by atoms with van der Waals surface area (Å²) in [5, 5.41) is 23.2. The molecule has 0 saturated heterocycles. The molecule has 2 atom stereocenters. The van der Waals surface area contributed by atoms with Crippen molar-refractivity contribution in [1.29, 1.82) is 0 Å². The van der Waals surface area contributed by atoms with Gasteiger partial charge in [-0.25, -0.2) is 0 Å². The average Bonchev–Trinajstić information content (AvgIpc) is 3.29. The second-order valence-corrected chi connectivity index (χ2v) is 19.7. The molecule has 0 radical (unpaired) electrons. The van der Waals surface area contributed by atoms with Gasteiger partial charge in [-0.1, -0.05) is 288 Å². The van der Waals surface area contributed by atoms with Crippen LogP contribution < -0.4 is 5.32 Å². The highest BCUT2D eigenvalue weighted by Gasteiger charge is 2.18. The van der Waals surface area contributed by atoms with Crippen LogP contribution in [0, 0.1) is 0 Å². The summed E-state index contributed by atoms with van der Waals surface area (Å²) in [6, 6.07) is -0.640. The molecule has 0 fully saturated rings. The molecule has 0 aliphatic rings. The van der Waals surface area contributed by atoms with E-state index >= 15 is 0 Å². The van der Waals surface area contributed by atoms with Gasteiger partial charge in [0, 0.05) is 6.42 Å². The van der Waals surface area contributed by atoms with E-state index in [1.165, 1.54) is 263 Å². The maximum Gasteiger partial charge on any atom is 0.220 e. The third-order valence-electron chi connectivity index (χ3n) is 13.3. The van der Waals surface area contributed by atoms with Gasteiger partial charge in [0.15, 0.2) is 0 Å². The summed E-state index contributed by atoms with van der Waals surface area (Å²) in [4.78, 5) is 12.5. The fourth-order valence-corrected chi connectivity index (χ4v) is 8.96. The lowest BCUT2D eigenvalue weighted by atomic mass is 10.0. The molecule has 0 aliphatic heterocycles. The molecule has 2 unspecified atom stereocenters. The third-order valence-corrected chi connectivity index (χ3v) is 13.3. The van der Waals surface area contributed by atoms with Gasteiger partial charge in [-0.05, 0) is 57.8 Å². The summed E-state index contributed by atoms with van der Waals surface area (Å²) < 4.78 is 0. The number of carbonyl (C=O) groups is 1. The number of hydrogen-bond acceptors (Lipinski definition) is 3. The highest BCUT2D eigenvalue weighted by molar-refractivity contribution is 5.76. The smallest absolute Gasteiger partial charge is 0.220 e. The van der Waals surface area contributed by atoms with Gasteiger partial charge < -0.3 is 15.5 Å². The molecular formula is C59H113NO3. The molecule has 0 heterocycles. The van der Waals surface area contributed by atoms with Crippen molar-refractivity contribution in [2.75, 3.05) is 6.61 Å². The Hall–Kier alpha value is -1.39. The van der Waals surface area contributed by atoms with Crippen LogP contribution >= 0.6 is 0 Å². The second kappa shape index (κ2) is 54.9. The van der Waals surface area contributed by atoms with E-state index in [2.05, 4.69) is 43.5 Å². The number of allylic oxidation sites excluding steroid dienone is 5. The number of aliphatic hydroxyl groups is 2. The molecular weight excluding hydrogens is 771 g/mol. The van der Waals surface area contributed by atoms with Gasteiger partial charge in [0.2, 0.25) is 5.91 Å². The Balaban J connectivity index is 3.50. The quantitative estimate of drug-likeness (QED) is 0.0421. The molecule has 4 heteroatoms. The van der Waals surface area contributed by atoms with Crippen molar-refractivity contribution in [2.45, 2.75) is 328 Å². The third kappa shape index (κ3) is 51.5. The standard InChI is InChI=1S/C59H113NO3/c1-3-5-7-9-11-13-15-17-19-21-23-25-26-27-28-29-30-31-32-33-35-36-38-40-42-44-46-48-50-52-54-58(62)57(56-61)60-59(63)55-53-51-49-47-45-43-41-39-37-34-24-22-20-18-16-14-12-10-8-6-4-2/h22,24,44,46,52,54,57-58,61-62H,3-21,23,25-43,45,47-51,53,55-56H2,1-2H3,(H,60,63)/b24-22-,46-44+,54-52+. The summed E-state index contributed by atoms with van der Waals surface area (Å²) in [5.74, 6) is -0.0722. The van der Waals surface area contributed by atoms with Crippen molar-refractivity contribution >= 4 is 5.91 Å². The normalized spacial score (nSPS) is 13.0. The maximum absolute atomic E-state index is 12.5. The molecule has 0 aromatic heterocycles. The number of aliphatic hydroxyl groups excluding tert-OH is 2. The minimum Gasteiger partial charge on any atom is -0.394 e. The van der Waals surface area contributed by atoms with E-state index in [0.29, 0.717) is 6.42 Å². The van der Waals surface area contributed by atoms with E-state index in [0.717, 1.165) is 32.1 Å².